The molecule has 122 valence electrons. The van der Waals surface area contributed by atoms with Gasteiger partial charge >= 0.3 is 5.97 Å². The Bertz CT molecular complexity index is 667. The fourth-order valence-electron chi connectivity index (χ4n) is 2.69. The number of thiophene rings is 2. The molecule has 1 aliphatic carbocycles. The number of nitrogens with one attached hydrogen (secondary N) is 1. The molecule has 0 spiro atoms. The smallest absolute Gasteiger partial charge is 0.348 e. The molecule has 2 heterocycles. The highest BCUT2D eigenvalue weighted by Gasteiger charge is 2.19. The maximum atomic E-state index is 12.1. The Morgan fingerprint density at radius 1 is 1.35 bits per heavy atom. The van der Waals surface area contributed by atoms with Gasteiger partial charge in [0.2, 0.25) is 0 Å². The number of ether oxygens (including phenoxy) is 1. The van der Waals surface area contributed by atoms with E-state index in [1.165, 1.54) is 34.6 Å². The van der Waals surface area contributed by atoms with Crippen molar-refractivity contribution in [3.8, 4) is 0 Å². The molecule has 6 heteroatoms. The lowest BCUT2D eigenvalue weighted by atomic mass is 9.99. The highest BCUT2D eigenvalue weighted by atomic mass is 32.1. The molecule has 1 amide bonds. The second-order valence-electron chi connectivity index (χ2n) is 5.65. The second kappa shape index (κ2) is 7.27. The maximum Gasteiger partial charge on any atom is 0.348 e. The van der Waals surface area contributed by atoms with Crippen LogP contribution in [-0.4, -0.2) is 18.5 Å². The Balaban J connectivity index is 1.50. The predicted octanol–water partition coefficient (Wildman–Crippen LogP) is 3.72. The summed E-state index contributed by atoms with van der Waals surface area (Å²) in [5.41, 5.74) is 1.27. The van der Waals surface area contributed by atoms with Gasteiger partial charge in [-0.3, -0.25) is 4.79 Å². The summed E-state index contributed by atoms with van der Waals surface area (Å²) >= 11 is 3.09. The minimum absolute atomic E-state index is 0.0738. The van der Waals surface area contributed by atoms with Crippen molar-refractivity contribution in [2.75, 3.05) is 6.61 Å². The van der Waals surface area contributed by atoms with E-state index in [1.54, 1.807) is 11.3 Å². The molecule has 2 aromatic heterocycles. The van der Waals surface area contributed by atoms with Crippen LogP contribution >= 0.6 is 22.7 Å². The lowest BCUT2D eigenvalue weighted by Gasteiger charge is -2.12. The van der Waals surface area contributed by atoms with Gasteiger partial charge in [-0.15, -0.1) is 22.7 Å². The first kappa shape index (κ1) is 16.2. The zero-order chi connectivity index (χ0) is 16.2. The van der Waals surface area contributed by atoms with E-state index in [0.29, 0.717) is 4.88 Å². The molecular formula is C17H19NO3S2. The standard InChI is InChI=1S/C17H19NO3S2/c1-11(13-7-4-8-22-13)18-16(19)10-21-17(20)15-9-12-5-2-3-6-14(12)23-15/h4,7-9,11H,2-3,5-6,10H2,1H3,(H,18,19)/t11-/m0/s1. The molecule has 4 nitrogen and oxygen atoms in total. The van der Waals surface area contributed by atoms with E-state index in [2.05, 4.69) is 5.32 Å². The van der Waals surface area contributed by atoms with Gasteiger partial charge < -0.3 is 10.1 Å². The van der Waals surface area contributed by atoms with Gasteiger partial charge in [0.1, 0.15) is 4.88 Å². The Morgan fingerprint density at radius 3 is 2.91 bits per heavy atom. The van der Waals surface area contributed by atoms with E-state index in [0.717, 1.165) is 17.7 Å². The van der Waals surface area contributed by atoms with Crippen LogP contribution in [0, 0.1) is 0 Å². The third-order valence-corrected chi connectivity index (χ3v) is 6.15. The van der Waals surface area contributed by atoms with Gasteiger partial charge in [-0.1, -0.05) is 6.07 Å². The van der Waals surface area contributed by atoms with Gasteiger partial charge in [0.15, 0.2) is 6.61 Å². The summed E-state index contributed by atoms with van der Waals surface area (Å²) in [5.74, 6) is -0.677. The van der Waals surface area contributed by atoms with E-state index in [1.807, 2.05) is 30.5 Å². The second-order valence-corrected chi connectivity index (χ2v) is 7.76. The van der Waals surface area contributed by atoms with Crippen LogP contribution in [0.25, 0.3) is 0 Å². The van der Waals surface area contributed by atoms with Crippen molar-refractivity contribution >= 4 is 34.6 Å². The van der Waals surface area contributed by atoms with Gasteiger partial charge in [0.25, 0.3) is 5.91 Å². The molecule has 23 heavy (non-hydrogen) atoms. The van der Waals surface area contributed by atoms with Crippen molar-refractivity contribution in [3.05, 3.63) is 43.8 Å². The van der Waals surface area contributed by atoms with Crippen LogP contribution < -0.4 is 5.32 Å². The summed E-state index contributed by atoms with van der Waals surface area (Å²) in [7, 11) is 0. The normalized spacial score (nSPS) is 14.8. The van der Waals surface area contributed by atoms with Crippen molar-refractivity contribution < 1.29 is 14.3 Å². The van der Waals surface area contributed by atoms with E-state index in [4.69, 9.17) is 4.74 Å². The first-order valence-corrected chi connectivity index (χ1v) is 9.44. The lowest BCUT2D eigenvalue weighted by molar-refractivity contribution is -0.124. The number of aryl methyl sites for hydroxylation is 2. The number of rotatable bonds is 5. The van der Waals surface area contributed by atoms with Crippen molar-refractivity contribution in [1.29, 1.82) is 0 Å². The van der Waals surface area contributed by atoms with Crippen molar-refractivity contribution in [2.45, 2.75) is 38.6 Å². The molecule has 0 aromatic carbocycles. The quantitative estimate of drug-likeness (QED) is 0.837. The molecule has 2 aromatic rings. The summed E-state index contributed by atoms with van der Waals surface area (Å²) < 4.78 is 5.15. The number of carbonyl (C=O) groups excluding carboxylic acids is 2. The zero-order valence-electron chi connectivity index (χ0n) is 13.0. The molecule has 0 saturated heterocycles. The number of fused-ring (bicyclic) bond motifs is 1. The topological polar surface area (TPSA) is 55.4 Å². The van der Waals surface area contributed by atoms with Gasteiger partial charge in [-0.2, -0.15) is 0 Å². The minimum atomic E-state index is -0.400. The largest absolute Gasteiger partial charge is 0.451 e. The van der Waals surface area contributed by atoms with Crippen LogP contribution in [0.1, 0.15) is 50.8 Å². The van der Waals surface area contributed by atoms with Crippen LogP contribution in [0.2, 0.25) is 0 Å². The first-order valence-electron chi connectivity index (χ1n) is 7.75. The summed E-state index contributed by atoms with van der Waals surface area (Å²) in [6, 6.07) is 5.77. The lowest BCUT2D eigenvalue weighted by Crippen LogP contribution is -2.30. The molecule has 0 radical (unpaired) electrons. The fraction of sp³-hybridized carbons (Fsp3) is 0.412. The summed E-state index contributed by atoms with van der Waals surface area (Å²) in [6.45, 7) is 1.68. The van der Waals surface area contributed by atoms with Crippen LogP contribution in [0.15, 0.2) is 23.6 Å². The summed E-state index contributed by atoms with van der Waals surface area (Å²) in [5, 5.41) is 4.80. The molecule has 1 N–H and O–H groups in total. The third-order valence-electron chi connectivity index (χ3n) is 3.88. The Morgan fingerprint density at radius 2 is 2.17 bits per heavy atom. The van der Waals surface area contributed by atoms with Crippen molar-refractivity contribution in [2.24, 2.45) is 0 Å². The third kappa shape index (κ3) is 4.00. The van der Waals surface area contributed by atoms with Gasteiger partial charge in [-0.05, 0) is 55.7 Å². The van der Waals surface area contributed by atoms with Gasteiger partial charge in [0, 0.05) is 9.75 Å². The Kier molecular flexibility index (Phi) is 5.13. The van der Waals surface area contributed by atoms with Crippen LogP contribution in [0.4, 0.5) is 0 Å². The first-order chi connectivity index (χ1) is 11.1. The molecule has 0 aliphatic heterocycles. The molecular weight excluding hydrogens is 330 g/mol. The SMILES string of the molecule is C[C@H](NC(=O)COC(=O)c1cc2c(s1)CCCC2)c1cccs1. The number of hydrogen-bond acceptors (Lipinski definition) is 5. The number of carbonyl (C=O) groups is 2. The number of hydrogen-bond donors (Lipinski definition) is 1. The summed E-state index contributed by atoms with van der Waals surface area (Å²) in [6.07, 6.45) is 4.45. The summed E-state index contributed by atoms with van der Waals surface area (Å²) in [4.78, 5) is 27.0. The highest BCUT2D eigenvalue weighted by Crippen LogP contribution is 2.30. The zero-order valence-corrected chi connectivity index (χ0v) is 14.6. The van der Waals surface area contributed by atoms with Gasteiger partial charge in [0.05, 0.1) is 6.04 Å². The molecule has 0 bridgehead atoms. The monoisotopic (exact) mass is 349 g/mol. The maximum absolute atomic E-state index is 12.1. The van der Waals surface area contributed by atoms with Crippen LogP contribution in [0.5, 0.6) is 0 Å². The molecule has 0 fully saturated rings. The Hall–Kier alpha value is -1.66. The minimum Gasteiger partial charge on any atom is -0.451 e. The predicted molar refractivity (Wildman–Crippen MR) is 92.1 cm³/mol. The number of amides is 1. The number of esters is 1. The molecule has 1 atom stereocenters. The van der Waals surface area contributed by atoms with E-state index < -0.39 is 5.97 Å². The molecule has 3 rings (SSSR count). The van der Waals surface area contributed by atoms with E-state index >= 15 is 0 Å². The van der Waals surface area contributed by atoms with Crippen molar-refractivity contribution in [3.63, 3.8) is 0 Å². The van der Waals surface area contributed by atoms with E-state index in [-0.39, 0.29) is 18.6 Å². The average Bonchev–Trinajstić information content (AvgIpc) is 3.21. The fourth-order valence-corrected chi connectivity index (χ4v) is 4.57. The Labute approximate surface area is 143 Å². The van der Waals surface area contributed by atoms with Crippen molar-refractivity contribution in [1.82, 2.24) is 5.32 Å². The molecule has 1 aliphatic rings. The highest BCUT2D eigenvalue weighted by molar-refractivity contribution is 7.14. The molecule has 0 saturated carbocycles. The molecule has 0 unspecified atom stereocenters. The average molecular weight is 349 g/mol. The van der Waals surface area contributed by atoms with E-state index in [9.17, 15) is 9.59 Å². The van der Waals surface area contributed by atoms with Crippen LogP contribution in [-0.2, 0) is 22.4 Å². The van der Waals surface area contributed by atoms with Gasteiger partial charge in [-0.25, -0.2) is 4.79 Å². The van der Waals surface area contributed by atoms with Crippen LogP contribution in [0.3, 0.4) is 0 Å².